The second kappa shape index (κ2) is 6.27. The van der Waals surface area contributed by atoms with E-state index in [4.69, 9.17) is 9.47 Å². The quantitative estimate of drug-likeness (QED) is 0.795. The molecule has 3 rings (SSSR count). The zero-order valence-corrected chi connectivity index (χ0v) is 13.5. The van der Waals surface area contributed by atoms with Crippen LogP contribution in [0.25, 0.3) is 11.1 Å². The van der Waals surface area contributed by atoms with Crippen molar-refractivity contribution < 1.29 is 9.47 Å². The van der Waals surface area contributed by atoms with Crippen molar-refractivity contribution in [2.45, 2.75) is 26.2 Å². The van der Waals surface area contributed by atoms with Gasteiger partial charge in [-0.05, 0) is 78.3 Å². The Kier molecular flexibility index (Phi) is 4.19. The summed E-state index contributed by atoms with van der Waals surface area (Å²) in [4.78, 5) is 0. The van der Waals surface area contributed by atoms with Gasteiger partial charge < -0.3 is 9.47 Å². The van der Waals surface area contributed by atoms with Crippen LogP contribution in [0, 0.1) is 0 Å². The molecule has 114 valence electrons. The van der Waals surface area contributed by atoms with Crippen molar-refractivity contribution in [1.82, 2.24) is 0 Å². The standard InChI is InChI=1S/C20H22O2/c1-14-19(15-7-9-17(21-2)10-8-15)6-4-5-16-13-18(22-3)11-12-20(14)16/h7-13H,4-6H2,1-3H3. The number of benzene rings is 2. The Bertz CT molecular complexity index is 696. The molecule has 0 aliphatic heterocycles. The van der Waals surface area contributed by atoms with Gasteiger partial charge in [0, 0.05) is 0 Å². The highest BCUT2D eigenvalue weighted by Crippen LogP contribution is 2.37. The third-order valence-corrected chi connectivity index (χ3v) is 4.48. The lowest BCUT2D eigenvalue weighted by Gasteiger charge is -2.13. The molecule has 0 aromatic heterocycles. The van der Waals surface area contributed by atoms with Gasteiger partial charge in [-0.15, -0.1) is 0 Å². The Morgan fingerprint density at radius 1 is 0.818 bits per heavy atom. The minimum absolute atomic E-state index is 0.903. The highest BCUT2D eigenvalue weighted by molar-refractivity contribution is 5.91. The number of aryl methyl sites for hydroxylation is 1. The molecule has 22 heavy (non-hydrogen) atoms. The molecular formula is C20H22O2. The largest absolute Gasteiger partial charge is 0.497 e. The van der Waals surface area contributed by atoms with Gasteiger partial charge in [0.2, 0.25) is 0 Å². The number of allylic oxidation sites excluding steroid dienone is 2. The van der Waals surface area contributed by atoms with Crippen LogP contribution in [0.4, 0.5) is 0 Å². The summed E-state index contributed by atoms with van der Waals surface area (Å²) in [6, 6.07) is 14.8. The maximum absolute atomic E-state index is 5.36. The van der Waals surface area contributed by atoms with Crippen molar-refractivity contribution in [2.24, 2.45) is 0 Å². The van der Waals surface area contributed by atoms with E-state index >= 15 is 0 Å². The van der Waals surface area contributed by atoms with E-state index in [2.05, 4.69) is 37.3 Å². The molecule has 1 aliphatic rings. The Balaban J connectivity index is 2.05. The second-order valence-electron chi connectivity index (χ2n) is 5.71. The molecule has 0 amide bonds. The second-order valence-corrected chi connectivity index (χ2v) is 5.71. The monoisotopic (exact) mass is 294 g/mol. The molecule has 2 aromatic rings. The van der Waals surface area contributed by atoms with Crippen LogP contribution in [-0.4, -0.2) is 14.2 Å². The fourth-order valence-electron chi connectivity index (χ4n) is 3.23. The first-order valence-electron chi connectivity index (χ1n) is 7.74. The maximum atomic E-state index is 5.36. The van der Waals surface area contributed by atoms with Crippen molar-refractivity contribution in [1.29, 1.82) is 0 Å². The summed E-state index contributed by atoms with van der Waals surface area (Å²) in [7, 11) is 3.43. The number of rotatable bonds is 3. The molecule has 2 nitrogen and oxygen atoms in total. The first-order chi connectivity index (χ1) is 10.7. The molecular weight excluding hydrogens is 272 g/mol. The molecule has 0 spiro atoms. The zero-order valence-electron chi connectivity index (χ0n) is 13.5. The number of ether oxygens (including phenoxy) is 2. The van der Waals surface area contributed by atoms with E-state index in [1.54, 1.807) is 14.2 Å². The zero-order chi connectivity index (χ0) is 15.5. The van der Waals surface area contributed by atoms with Gasteiger partial charge >= 0.3 is 0 Å². The van der Waals surface area contributed by atoms with Gasteiger partial charge in [-0.2, -0.15) is 0 Å². The van der Waals surface area contributed by atoms with Gasteiger partial charge in [-0.3, -0.25) is 0 Å². The van der Waals surface area contributed by atoms with Crippen LogP contribution in [0.15, 0.2) is 42.5 Å². The molecule has 0 fully saturated rings. The van der Waals surface area contributed by atoms with Crippen LogP contribution < -0.4 is 9.47 Å². The first kappa shape index (κ1) is 14.7. The lowest BCUT2D eigenvalue weighted by Crippen LogP contribution is -1.92. The average molecular weight is 294 g/mol. The van der Waals surface area contributed by atoms with Crippen molar-refractivity contribution in [2.75, 3.05) is 14.2 Å². The van der Waals surface area contributed by atoms with E-state index in [-0.39, 0.29) is 0 Å². The van der Waals surface area contributed by atoms with Gasteiger partial charge in [0.25, 0.3) is 0 Å². The molecule has 0 saturated carbocycles. The summed E-state index contributed by atoms with van der Waals surface area (Å²) in [5, 5.41) is 0. The predicted octanol–water partition coefficient (Wildman–Crippen LogP) is 4.97. The summed E-state index contributed by atoms with van der Waals surface area (Å²) in [5.74, 6) is 1.85. The van der Waals surface area contributed by atoms with E-state index in [0.717, 1.165) is 24.3 Å². The topological polar surface area (TPSA) is 18.5 Å². The van der Waals surface area contributed by atoms with Gasteiger partial charge in [0.15, 0.2) is 0 Å². The lowest BCUT2D eigenvalue weighted by molar-refractivity contribution is 0.414. The van der Waals surface area contributed by atoms with Gasteiger partial charge in [-0.25, -0.2) is 0 Å². The van der Waals surface area contributed by atoms with Crippen molar-refractivity contribution >= 4 is 11.1 Å². The van der Waals surface area contributed by atoms with E-state index in [9.17, 15) is 0 Å². The summed E-state index contributed by atoms with van der Waals surface area (Å²) in [6.07, 6.45) is 3.37. The predicted molar refractivity (Wildman–Crippen MR) is 91.4 cm³/mol. The van der Waals surface area contributed by atoms with E-state index in [1.807, 2.05) is 12.1 Å². The van der Waals surface area contributed by atoms with Crippen LogP contribution in [0.5, 0.6) is 11.5 Å². The van der Waals surface area contributed by atoms with Crippen molar-refractivity contribution in [3.8, 4) is 11.5 Å². The van der Waals surface area contributed by atoms with Gasteiger partial charge in [0.1, 0.15) is 11.5 Å². The van der Waals surface area contributed by atoms with Crippen LogP contribution in [0.1, 0.15) is 36.5 Å². The smallest absolute Gasteiger partial charge is 0.119 e. The minimum atomic E-state index is 0.903. The Hall–Kier alpha value is -2.22. The average Bonchev–Trinajstić information content (AvgIpc) is 2.73. The molecule has 2 heteroatoms. The molecule has 2 aromatic carbocycles. The fraction of sp³-hybridized carbons (Fsp3) is 0.300. The van der Waals surface area contributed by atoms with Crippen molar-refractivity contribution in [3.05, 3.63) is 59.2 Å². The number of fused-ring (bicyclic) bond motifs is 1. The summed E-state index contributed by atoms with van der Waals surface area (Å²) in [5.41, 5.74) is 6.85. The molecule has 0 unspecified atom stereocenters. The van der Waals surface area contributed by atoms with Crippen LogP contribution >= 0.6 is 0 Å². The summed E-state index contributed by atoms with van der Waals surface area (Å²) in [6.45, 7) is 2.23. The van der Waals surface area contributed by atoms with Crippen LogP contribution in [0.2, 0.25) is 0 Å². The summed E-state index contributed by atoms with van der Waals surface area (Å²) < 4.78 is 10.6. The fourth-order valence-corrected chi connectivity index (χ4v) is 3.23. The van der Waals surface area contributed by atoms with Gasteiger partial charge in [0.05, 0.1) is 14.2 Å². The van der Waals surface area contributed by atoms with E-state index in [1.165, 1.54) is 34.3 Å². The minimum Gasteiger partial charge on any atom is -0.497 e. The van der Waals surface area contributed by atoms with Crippen LogP contribution in [-0.2, 0) is 6.42 Å². The molecule has 0 heterocycles. The maximum Gasteiger partial charge on any atom is 0.119 e. The van der Waals surface area contributed by atoms with Crippen LogP contribution in [0.3, 0.4) is 0 Å². The molecule has 0 saturated heterocycles. The number of hydrogen-bond acceptors (Lipinski definition) is 2. The molecule has 0 radical (unpaired) electrons. The number of hydrogen-bond donors (Lipinski definition) is 0. The number of methoxy groups -OCH3 is 2. The Morgan fingerprint density at radius 3 is 2.18 bits per heavy atom. The lowest BCUT2D eigenvalue weighted by atomic mass is 9.94. The third kappa shape index (κ3) is 2.74. The third-order valence-electron chi connectivity index (χ3n) is 4.48. The Labute approximate surface area is 132 Å². The molecule has 0 N–H and O–H groups in total. The highest BCUT2D eigenvalue weighted by Gasteiger charge is 2.16. The first-order valence-corrected chi connectivity index (χ1v) is 7.74. The summed E-state index contributed by atoms with van der Waals surface area (Å²) >= 11 is 0. The Morgan fingerprint density at radius 2 is 1.50 bits per heavy atom. The van der Waals surface area contributed by atoms with Gasteiger partial charge in [-0.1, -0.05) is 18.2 Å². The van der Waals surface area contributed by atoms with Crippen molar-refractivity contribution in [3.63, 3.8) is 0 Å². The van der Waals surface area contributed by atoms with E-state index < -0.39 is 0 Å². The highest BCUT2D eigenvalue weighted by atomic mass is 16.5. The SMILES string of the molecule is COc1ccc(C2=C(C)c3ccc(OC)cc3CCC2)cc1. The van der Waals surface area contributed by atoms with E-state index in [0.29, 0.717) is 0 Å². The molecule has 1 aliphatic carbocycles. The normalized spacial score (nSPS) is 14.3. The molecule has 0 bridgehead atoms. The molecule has 0 atom stereocenters.